The van der Waals surface area contributed by atoms with Crippen LogP contribution in [0.1, 0.15) is 11.9 Å². The highest BCUT2D eigenvalue weighted by atomic mass is 16.2. The van der Waals surface area contributed by atoms with Gasteiger partial charge < -0.3 is 14.8 Å². The van der Waals surface area contributed by atoms with Gasteiger partial charge in [0, 0.05) is 45.3 Å². The fourth-order valence-corrected chi connectivity index (χ4v) is 2.67. The normalized spacial score (nSPS) is 19.2. The van der Waals surface area contributed by atoms with Gasteiger partial charge in [0.1, 0.15) is 5.82 Å². The van der Waals surface area contributed by atoms with Crippen molar-refractivity contribution in [2.75, 3.05) is 32.0 Å². The number of urea groups is 1. The van der Waals surface area contributed by atoms with Gasteiger partial charge in [0.2, 0.25) is 0 Å². The van der Waals surface area contributed by atoms with Crippen LogP contribution in [0, 0.1) is 0 Å². The van der Waals surface area contributed by atoms with E-state index in [0.717, 1.165) is 12.4 Å². The zero-order chi connectivity index (χ0) is 15.5. The second-order valence-electron chi connectivity index (χ2n) is 5.51. The second-order valence-corrected chi connectivity index (χ2v) is 5.51. The molecule has 3 rings (SSSR count). The van der Waals surface area contributed by atoms with Crippen LogP contribution in [0.3, 0.4) is 0 Å². The smallest absolute Gasteiger partial charge is 0.321 e. The van der Waals surface area contributed by atoms with Crippen molar-refractivity contribution in [2.24, 2.45) is 7.05 Å². The first-order valence-corrected chi connectivity index (χ1v) is 7.28. The van der Waals surface area contributed by atoms with Crippen LogP contribution >= 0.6 is 0 Å². The van der Waals surface area contributed by atoms with E-state index in [-0.39, 0.29) is 12.1 Å². The van der Waals surface area contributed by atoms with E-state index >= 15 is 0 Å². The Morgan fingerprint density at radius 3 is 2.86 bits per heavy atom. The van der Waals surface area contributed by atoms with Crippen LogP contribution < -0.4 is 5.32 Å². The highest BCUT2D eigenvalue weighted by Gasteiger charge is 2.30. The fraction of sp³-hybridized carbons (Fsp3) is 0.400. The summed E-state index contributed by atoms with van der Waals surface area (Å²) in [5.74, 6) is 0.973. The van der Waals surface area contributed by atoms with E-state index in [0.29, 0.717) is 18.8 Å². The molecule has 2 amide bonds. The molecule has 2 aromatic heterocycles. The summed E-state index contributed by atoms with van der Waals surface area (Å²) in [4.78, 5) is 24.9. The Morgan fingerprint density at radius 1 is 1.32 bits per heavy atom. The number of carbonyl (C=O) groups excluding carboxylic acids is 1. The molecule has 1 aliphatic rings. The summed E-state index contributed by atoms with van der Waals surface area (Å²) in [5, 5.41) is 2.89. The van der Waals surface area contributed by atoms with Gasteiger partial charge in [-0.3, -0.25) is 9.88 Å². The lowest BCUT2D eigenvalue weighted by atomic mass is 10.1. The standard InChI is InChI=1S/C15H20N6O/c1-19-8-9-21(11-13(19)14-17-6-7-20(14)2)15(22)18-12-4-3-5-16-10-12/h3-7,10,13H,8-9,11H2,1-2H3,(H,18,22). The van der Waals surface area contributed by atoms with Crippen molar-refractivity contribution < 1.29 is 4.79 Å². The van der Waals surface area contributed by atoms with Crippen molar-refractivity contribution in [2.45, 2.75) is 6.04 Å². The molecule has 1 fully saturated rings. The topological polar surface area (TPSA) is 66.3 Å². The number of imidazole rings is 1. The molecule has 0 aromatic carbocycles. The SMILES string of the molecule is CN1CCN(C(=O)Nc2cccnc2)CC1c1nccn1C. The molecule has 22 heavy (non-hydrogen) atoms. The van der Waals surface area contributed by atoms with E-state index in [1.54, 1.807) is 24.7 Å². The number of likely N-dealkylation sites (N-methyl/N-ethyl adjacent to an activating group) is 1. The van der Waals surface area contributed by atoms with Gasteiger partial charge in [0.25, 0.3) is 0 Å². The number of nitrogens with zero attached hydrogens (tertiary/aromatic N) is 5. The molecule has 0 spiro atoms. The van der Waals surface area contributed by atoms with Gasteiger partial charge in [0.05, 0.1) is 17.9 Å². The van der Waals surface area contributed by atoms with E-state index in [9.17, 15) is 4.79 Å². The summed E-state index contributed by atoms with van der Waals surface area (Å²) in [6.45, 7) is 2.13. The average molecular weight is 300 g/mol. The van der Waals surface area contributed by atoms with Crippen molar-refractivity contribution in [3.05, 3.63) is 42.7 Å². The van der Waals surface area contributed by atoms with Gasteiger partial charge in [0.15, 0.2) is 0 Å². The summed E-state index contributed by atoms with van der Waals surface area (Å²) in [5.41, 5.74) is 0.708. The van der Waals surface area contributed by atoms with E-state index < -0.39 is 0 Å². The Balaban J connectivity index is 1.70. The average Bonchev–Trinajstić information content (AvgIpc) is 2.94. The molecule has 2 aromatic rings. The molecule has 0 radical (unpaired) electrons. The number of pyridine rings is 1. The fourth-order valence-electron chi connectivity index (χ4n) is 2.67. The Hall–Kier alpha value is -2.41. The number of nitrogens with one attached hydrogen (secondary N) is 1. The van der Waals surface area contributed by atoms with Gasteiger partial charge in [-0.15, -0.1) is 0 Å². The lowest BCUT2D eigenvalue weighted by Gasteiger charge is -2.38. The summed E-state index contributed by atoms with van der Waals surface area (Å²) in [6, 6.07) is 3.64. The predicted molar refractivity (Wildman–Crippen MR) is 83.4 cm³/mol. The van der Waals surface area contributed by atoms with Crippen molar-refractivity contribution in [3.63, 3.8) is 0 Å². The zero-order valence-corrected chi connectivity index (χ0v) is 12.8. The first kappa shape index (κ1) is 14.5. The molecule has 1 atom stereocenters. The third kappa shape index (κ3) is 2.94. The van der Waals surface area contributed by atoms with Crippen LogP contribution in [0.5, 0.6) is 0 Å². The van der Waals surface area contributed by atoms with Crippen molar-refractivity contribution >= 4 is 11.7 Å². The van der Waals surface area contributed by atoms with Crippen molar-refractivity contribution in [1.82, 2.24) is 24.3 Å². The largest absolute Gasteiger partial charge is 0.337 e. The minimum atomic E-state index is -0.0969. The van der Waals surface area contributed by atoms with Crippen LogP contribution in [-0.2, 0) is 7.05 Å². The Labute approximate surface area is 129 Å². The quantitative estimate of drug-likeness (QED) is 0.909. The molecule has 1 unspecified atom stereocenters. The van der Waals surface area contributed by atoms with Gasteiger partial charge >= 0.3 is 6.03 Å². The highest BCUT2D eigenvalue weighted by Crippen LogP contribution is 2.22. The molecule has 0 aliphatic carbocycles. The van der Waals surface area contributed by atoms with E-state index in [1.807, 2.05) is 28.8 Å². The van der Waals surface area contributed by atoms with Gasteiger partial charge in [-0.05, 0) is 19.2 Å². The first-order valence-electron chi connectivity index (χ1n) is 7.28. The monoisotopic (exact) mass is 300 g/mol. The lowest BCUT2D eigenvalue weighted by molar-refractivity contribution is 0.110. The first-order chi connectivity index (χ1) is 10.6. The molecule has 3 heterocycles. The van der Waals surface area contributed by atoms with Crippen LogP contribution in [0.15, 0.2) is 36.9 Å². The summed E-state index contributed by atoms with van der Waals surface area (Å²) >= 11 is 0. The van der Waals surface area contributed by atoms with Gasteiger partial charge in [-0.2, -0.15) is 0 Å². The Morgan fingerprint density at radius 2 is 2.18 bits per heavy atom. The molecule has 0 saturated carbocycles. The number of rotatable bonds is 2. The lowest BCUT2D eigenvalue weighted by Crippen LogP contribution is -2.50. The number of hydrogen-bond acceptors (Lipinski definition) is 4. The summed E-state index contributed by atoms with van der Waals surface area (Å²) in [6.07, 6.45) is 7.04. The number of anilines is 1. The van der Waals surface area contributed by atoms with Crippen LogP contribution in [0.2, 0.25) is 0 Å². The van der Waals surface area contributed by atoms with E-state index in [1.165, 1.54) is 0 Å². The van der Waals surface area contributed by atoms with Crippen molar-refractivity contribution in [1.29, 1.82) is 0 Å². The maximum atomic E-state index is 12.4. The third-order valence-corrected chi connectivity index (χ3v) is 4.00. The van der Waals surface area contributed by atoms with Crippen LogP contribution in [-0.4, -0.2) is 57.0 Å². The molecule has 1 N–H and O–H groups in total. The summed E-state index contributed by atoms with van der Waals surface area (Å²) in [7, 11) is 4.04. The number of carbonyl (C=O) groups is 1. The maximum Gasteiger partial charge on any atom is 0.321 e. The van der Waals surface area contributed by atoms with Gasteiger partial charge in [-0.25, -0.2) is 9.78 Å². The second kappa shape index (κ2) is 6.15. The van der Waals surface area contributed by atoms with E-state index in [4.69, 9.17) is 0 Å². The van der Waals surface area contributed by atoms with Crippen LogP contribution in [0.25, 0.3) is 0 Å². The number of amides is 2. The molecule has 0 bridgehead atoms. The molecule has 1 aliphatic heterocycles. The minimum absolute atomic E-state index is 0.0969. The maximum absolute atomic E-state index is 12.4. The van der Waals surface area contributed by atoms with Crippen LogP contribution in [0.4, 0.5) is 10.5 Å². The highest BCUT2D eigenvalue weighted by molar-refractivity contribution is 5.89. The number of hydrogen-bond donors (Lipinski definition) is 1. The molecule has 116 valence electrons. The Bertz CT molecular complexity index is 640. The van der Waals surface area contributed by atoms with E-state index in [2.05, 4.69) is 27.2 Å². The Kier molecular flexibility index (Phi) is 4.06. The molecular formula is C15H20N6O. The van der Waals surface area contributed by atoms with Crippen molar-refractivity contribution in [3.8, 4) is 0 Å². The third-order valence-electron chi connectivity index (χ3n) is 4.00. The summed E-state index contributed by atoms with van der Waals surface area (Å²) < 4.78 is 2.00. The molecule has 7 nitrogen and oxygen atoms in total. The number of aromatic nitrogens is 3. The molecule has 1 saturated heterocycles. The molecular weight excluding hydrogens is 280 g/mol. The minimum Gasteiger partial charge on any atom is -0.337 e. The number of piperazine rings is 1. The number of aryl methyl sites for hydroxylation is 1. The zero-order valence-electron chi connectivity index (χ0n) is 12.8. The van der Waals surface area contributed by atoms with Gasteiger partial charge in [-0.1, -0.05) is 0 Å². The predicted octanol–water partition coefficient (Wildman–Crippen LogP) is 1.34. The molecule has 7 heteroatoms.